The Bertz CT molecular complexity index is 790. The number of hydrogen-bond acceptors (Lipinski definition) is 3. The molecule has 3 heterocycles. The molecule has 3 aromatic rings. The lowest BCUT2D eigenvalue weighted by molar-refractivity contribution is 0.752. The lowest BCUT2D eigenvalue weighted by Gasteiger charge is -2.24. The maximum Gasteiger partial charge on any atom is 0.146 e. The Morgan fingerprint density at radius 2 is 2.00 bits per heavy atom. The first-order chi connectivity index (χ1) is 9.75. The van der Waals surface area contributed by atoms with E-state index in [1.165, 1.54) is 11.3 Å². The number of rotatable bonds is 1. The van der Waals surface area contributed by atoms with Crippen LogP contribution in [0.3, 0.4) is 0 Å². The molecular weight excluding hydrogens is 248 g/mol. The Kier molecular flexibility index (Phi) is 2.33. The van der Waals surface area contributed by atoms with Crippen molar-refractivity contribution in [3.63, 3.8) is 0 Å². The van der Waals surface area contributed by atoms with Crippen molar-refractivity contribution in [2.45, 2.75) is 19.4 Å². The minimum atomic E-state index is 0.422. The van der Waals surface area contributed by atoms with E-state index in [-0.39, 0.29) is 0 Å². The van der Waals surface area contributed by atoms with Gasteiger partial charge in [0.05, 0.1) is 5.39 Å². The lowest BCUT2D eigenvalue weighted by atomic mass is 10.1. The largest absolute Gasteiger partial charge is 0.335 e. The molecule has 4 rings (SSSR count). The average Bonchev–Trinajstić information content (AvgIpc) is 2.99. The van der Waals surface area contributed by atoms with Gasteiger partial charge in [0.1, 0.15) is 17.8 Å². The van der Waals surface area contributed by atoms with Gasteiger partial charge in [0.15, 0.2) is 0 Å². The van der Waals surface area contributed by atoms with Crippen molar-refractivity contribution in [1.29, 1.82) is 0 Å². The monoisotopic (exact) mass is 264 g/mol. The summed E-state index contributed by atoms with van der Waals surface area (Å²) >= 11 is 0. The van der Waals surface area contributed by atoms with Gasteiger partial charge in [-0.3, -0.25) is 0 Å². The maximum absolute atomic E-state index is 4.55. The van der Waals surface area contributed by atoms with Crippen molar-refractivity contribution in [3.05, 3.63) is 48.4 Å². The highest BCUT2D eigenvalue weighted by molar-refractivity contribution is 5.91. The lowest BCUT2D eigenvalue weighted by Crippen LogP contribution is -2.25. The summed E-state index contributed by atoms with van der Waals surface area (Å²) in [7, 11) is 2.01. The third-order valence-electron chi connectivity index (χ3n) is 4.08. The van der Waals surface area contributed by atoms with Crippen LogP contribution in [0.4, 0.5) is 11.5 Å². The standard InChI is InChI=1S/C16H16N4/c1-11-9-12-5-3-4-6-14(12)20(11)16-13-7-8-19(2)15(13)17-10-18-16/h3-8,10-11H,9H2,1-2H3. The van der Waals surface area contributed by atoms with Crippen LogP contribution in [0, 0.1) is 0 Å². The summed E-state index contributed by atoms with van der Waals surface area (Å²) < 4.78 is 2.03. The van der Waals surface area contributed by atoms with Crippen LogP contribution in [0.25, 0.3) is 11.0 Å². The van der Waals surface area contributed by atoms with E-state index in [2.05, 4.69) is 52.1 Å². The average molecular weight is 264 g/mol. The van der Waals surface area contributed by atoms with Gasteiger partial charge in [-0.15, -0.1) is 0 Å². The zero-order valence-corrected chi connectivity index (χ0v) is 11.6. The molecule has 0 saturated heterocycles. The normalized spacial score (nSPS) is 17.7. The summed E-state index contributed by atoms with van der Waals surface area (Å²) in [6, 6.07) is 11.1. The van der Waals surface area contributed by atoms with E-state index in [4.69, 9.17) is 0 Å². The molecular formula is C16H16N4. The van der Waals surface area contributed by atoms with E-state index in [1.807, 2.05) is 17.8 Å². The van der Waals surface area contributed by atoms with Crippen LogP contribution in [0.15, 0.2) is 42.9 Å². The van der Waals surface area contributed by atoms with Gasteiger partial charge in [0.2, 0.25) is 0 Å². The van der Waals surface area contributed by atoms with Crippen molar-refractivity contribution in [1.82, 2.24) is 14.5 Å². The van der Waals surface area contributed by atoms with Crippen molar-refractivity contribution >= 4 is 22.5 Å². The Hall–Kier alpha value is -2.36. The molecule has 1 unspecified atom stereocenters. The summed E-state index contributed by atoms with van der Waals surface area (Å²) in [5.74, 6) is 1.01. The molecule has 2 aromatic heterocycles. The molecule has 0 aliphatic carbocycles. The maximum atomic E-state index is 4.55. The SMILES string of the molecule is CC1Cc2ccccc2N1c1ncnc2c1ccn2C. The van der Waals surface area contributed by atoms with Crippen LogP contribution in [-0.2, 0) is 13.5 Å². The van der Waals surface area contributed by atoms with Crippen molar-refractivity contribution in [2.75, 3.05) is 4.90 Å². The third kappa shape index (κ3) is 1.48. The van der Waals surface area contributed by atoms with Gasteiger partial charge in [-0.2, -0.15) is 0 Å². The van der Waals surface area contributed by atoms with E-state index < -0.39 is 0 Å². The fraction of sp³-hybridized carbons (Fsp3) is 0.250. The van der Waals surface area contributed by atoms with Crippen LogP contribution >= 0.6 is 0 Å². The van der Waals surface area contributed by atoms with E-state index in [0.29, 0.717) is 6.04 Å². The Labute approximate surface area is 117 Å². The Balaban J connectivity index is 1.96. The highest BCUT2D eigenvalue weighted by Gasteiger charge is 2.29. The smallest absolute Gasteiger partial charge is 0.146 e. The molecule has 0 spiro atoms. The van der Waals surface area contributed by atoms with Crippen molar-refractivity contribution in [3.8, 4) is 0 Å². The molecule has 0 amide bonds. The number of nitrogens with zero attached hydrogens (tertiary/aromatic N) is 4. The number of hydrogen-bond donors (Lipinski definition) is 0. The molecule has 0 bridgehead atoms. The summed E-state index contributed by atoms with van der Waals surface area (Å²) in [6.45, 7) is 2.25. The van der Waals surface area contributed by atoms with Gasteiger partial charge in [0.25, 0.3) is 0 Å². The minimum Gasteiger partial charge on any atom is -0.335 e. The van der Waals surface area contributed by atoms with Crippen LogP contribution < -0.4 is 4.90 Å². The number of aromatic nitrogens is 3. The zero-order valence-electron chi connectivity index (χ0n) is 11.6. The first-order valence-electron chi connectivity index (χ1n) is 6.89. The highest BCUT2D eigenvalue weighted by Crippen LogP contribution is 2.39. The Morgan fingerprint density at radius 1 is 1.15 bits per heavy atom. The molecule has 4 heteroatoms. The van der Waals surface area contributed by atoms with E-state index in [9.17, 15) is 0 Å². The van der Waals surface area contributed by atoms with Crippen LogP contribution in [-0.4, -0.2) is 20.6 Å². The summed E-state index contributed by atoms with van der Waals surface area (Å²) in [4.78, 5) is 11.3. The second kappa shape index (κ2) is 4.07. The van der Waals surface area contributed by atoms with Crippen molar-refractivity contribution in [2.24, 2.45) is 7.05 Å². The second-order valence-corrected chi connectivity index (χ2v) is 5.41. The summed E-state index contributed by atoms with van der Waals surface area (Å²) in [6.07, 6.45) is 4.76. The third-order valence-corrected chi connectivity index (χ3v) is 4.08. The molecule has 1 aliphatic rings. The molecule has 0 fully saturated rings. The molecule has 0 radical (unpaired) electrons. The predicted octanol–water partition coefficient (Wildman–Crippen LogP) is 3.05. The van der Waals surface area contributed by atoms with Crippen LogP contribution in [0.1, 0.15) is 12.5 Å². The molecule has 100 valence electrons. The molecule has 0 N–H and O–H groups in total. The van der Waals surface area contributed by atoms with Gasteiger partial charge in [-0.1, -0.05) is 18.2 Å². The highest BCUT2D eigenvalue weighted by atomic mass is 15.2. The van der Waals surface area contributed by atoms with E-state index >= 15 is 0 Å². The molecule has 1 aliphatic heterocycles. The molecule has 4 nitrogen and oxygen atoms in total. The first kappa shape index (κ1) is 11.5. The summed E-state index contributed by atoms with van der Waals surface area (Å²) in [5.41, 5.74) is 3.64. The number of anilines is 2. The molecule has 1 atom stereocenters. The number of benzene rings is 1. The fourth-order valence-corrected chi connectivity index (χ4v) is 3.14. The minimum absolute atomic E-state index is 0.422. The number of para-hydroxylation sites is 1. The quantitative estimate of drug-likeness (QED) is 0.677. The van der Waals surface area contributed by atoms with Gasteiger partial charge in [-0.25, -0.2) is 9.97 Å². The van der Waals surface area contributed by atoms with Gasteiger partial charge in [0, 0.05) is 25.0 Å². The molecule has 20 heavy (non-hydrogen) atoms. The van der Waals surface area contributed by atoms with Crippen LogP contribution in [0.2, 0.25) is 0 Å². The van der Waals surface area contributed by atoms with Crippen LogP contribution in [0.5, 0.6) is 0 Å². The van der Waals surface area contributed by atoms with E-state index in [1.54, 1.807) is 6.33 Å². The van der Waals surface area contributed by atoms with Gasteiger partial charge in [-0.05, 0) is 31.0 Å². The Morgan fingerprint density at radius 3 is 2.90 bits per heavy atom. The van der Waals surface area contributed by atoms with Crippen molar-refractivity contribution < 1.29 is 0 Å². The molecule has 1 aromatic carbocycles. The topological polar surface area (TPSA) is 34.0 Å². The summed E-state index contributed by atoms with van der Waals surface area (Å²) in [5, 5.41) is 1.11. The number of aryl methyl sites for hydroxylation is 1. The first-order valence-corrected chi connectivity index (χ1v) is 6.89. The van der Waals surface area contributed by atoms with E-state index in [0.717, 1.165) is 23.3 Å². The molecule has 0 saturated carbocycles. The zero-order chi connectivity index (χ0) is 13.7. The predicted molar refractivity (Wildman–Crippen MR) is 80.3 cm³/mol. The number of fused-ring (bicyclic) bond motifs is 2. The van der Waals surface area contributed by atoms with Gasteiger partial charge < -0.3 is 9.47 Å². The van der Waals surface area contributed by atoms with Gasteiger partial charge >= 0.3 is 0 Å². The fourth-order valence-electron chi connectivity index (χ4n) is 3.14. The second-order valence-electron chi connectivity index (χ2n) is 5.41.